The normalized spacial score (nSPS) is 15.4. The molecule has 4 rings (SSSR count). The van der Waals surface area contributed by atoms with Gasteiger partial charge in [0.2, 0.25) is 5.95 Å². The maximum absolute atomic E-state index is 13.2. The summed E-state index contributed by atoms with van der Waals surface area (Å²) in [6.07, 6.45) is 0. The highest BCUT2D eigenvalue weighted by molar-refractivity contribution is 6.06. The van der Waals surface area contributed by atoms with Gasteiger partial charge in [-0.15, -0.1) is 0 Å². The summed E-state index contributed by atoms with van der Waals surface area (Å²) in [5.74, 6) is 0.00778. The number of para-hydroxylation sites is 1. The molecule has 1 unspecified atom stereocenters. The van der Waals surface area contributed by atoms with Crippen LogP contribution < -0.4 is 10.6 Å². The minimum atomic E-state index is -0.717. The molecule has 1 amide bonds. The van der Waals surface area contributed by atoms with E-state index in [0.29, 0.717) is 28.5 Å². The van der Waals surface area contributed by atoms with Crippen LogP contribution in [0.25, 0.3) is 0 Å². The number of carbonyl (C=O) groups is 1. The van der Waals surface area contributed by atoms with Crippen molar-refractivity contribution in [3.8, 4) is 0 Å². The second kappa shape index (κ2) is 7.15. The first-order chi connectivity index (χ1) is 14.0. The van der Waals surface area contributed by atoms with Gasteiger partial charge in [-0.1, -0.05) is 35.4 Å². The second-order valence-corrected chi connectivity index (χ2v) is 6.63. The summed E-state index contributed by atoms with van der Waals surface area (Å²) in [5.41, 5.74) is 2.98. The zero-order valence-electron chi connectivity index (χ0n) is 15.7. The van der Waals surface area contributed by atoms with Crippen LogP contribution in [0.5, 0.6) is 0 Å². The number of rotatable bonds is 4. The number of hydrogen-bond donors (Lipinski definition) is 2. The molecule has 0 aliphatic carbocycles. The number of anilines is 2. The summed E-state index contributed by atoms with van der Waals surface area (Å²) in [4.78, 5) is 24.0. The van der Waals surface area contributed by atoms with Crippen molar-refractivity contribution in [2.75, 3.05) is 10.6 Å². The number of carbonyl (C=O) groups excluding carboxylic acids is 1. The fourth-order valence-electron chi connectivity index (χ4n) is 3.33. The molecule has 0 saturated carbocycles. The molecule has 0 fully saturated rings. The Labute approximate surface area is 165 Å². The smallest absolute Gasteiger partial charge is 0.269 e. The van der Waals surface area contributed by atoms with Crippen LogP contribution in [0.3, 0.4) is 0 Å². The fraction of sp³-hybridized carbons (Fsp3) is 0.158. The van der Waals surface area contributed by atoms with Crippen molar-refractivity contribution in [2.45, 2.75) is 19.9 Å². The van der Waals surface area contributed by atoms with E-state index in [-0.39, 0.29) is 11.6 Å². The van der Waals surface area contributed by atoms with E-state index in [2.05, 4.69) is 26.2 Å². The van der Waals surface area contributed by atoms with E-state index in [1.807, 2.05) is 31.2 Å². The summed E-state index contributed by atoms with van der Waals surface area (Å²) in [6.45, 7) is 3.64. The number of nitrogens with one attached hydrogen (secondary N) is 2. The van der Waals surface area contributed by atoms with E-state index in [4.69, 9.17) is 0 Å². The number of hydrogen-bond acceptors (Lipinski definition) is 7. The van der Waals surface area contributed by atoms with Gasteiger partial charge in [0.05, 0.1) is 10.5 Å². The standard InChI is InChI=1S/C19H17N7O3/c1-11-6-3-4-9-15(11)21-18(27)16-12(2)20-19-22-23-24-25(19)17(16)13-7-5-8-14(10-13)26(28)29/h3-10,17H,1-2H3,(H,21,27)(H,20,22,24). The maximum Gasteiger partial charge on any atom is 0.269 e. The van der Waals surface area contributed by atoms with Gasteiger partial charge < -0.3 is 10.6 Å². The second-order valence-electron chi connectivity index (χ2n) is 6.63. The molecular weight excluding hydrogens is 374 g/mol. The predicted octanol–water partition coefficient (Wildman–Crippen LogP) is 2.82. The van der Waals surface area contributed by atoms with Crippen molar-refractivity contribution in [3.05, 3.63) is 81.0 Å². The highest BCUT2D eigenvalue weighted by Gasteiger charge is 2.34. The third kappa shape index (κ3) is 3.31. The van der Waals surface area contributed by atoms with Crippen molar-refractivity contribution < 1.29 is 9.72 Å². The molecule has 29 heavy (non-hydrogen) atoms. The third-order valence-electron chi connectivity index (χ3n) is 4.75. The number of fused-ring (bicyclic) bond motifs is 1. The number of nitrogens with zero attached hydrogens (tertiary/aromatic N) is 5. The van der Waals surface area contributed by atoms with Crippen LogP contribution in [0.15, 0.2) is 59.8 Å². The van der Waals surface area contributed by atoms with E-state index in [1.165, 1.54) is 16.8 Å². The molecule has 0 saturated heterocycles. The number of allylic oxidation sites excluding steroid dienone is 1. The number of non-ortho nitro benzene ring substituents is 1. The van der Waals surface area contributed by atoms with E-state index in [0.717, 1.165) is 5.56 Å². The highest BCUT2D eigenvalue weighted by Crippen LogP contribution is 2.36. The maximum atomic E-state index is 13.2. The van der Waals surface area contributed by atoms with E-state index < -0.39 is 11.0 Å². The van der Waals surface area contributed by atoms with E-state index in [9.17, 15) is 14.9 Å². The molecule has 3 aromatic rings. The van der Waals surface area contributed by atoms with Gasteiger partial charge in [-0.25, -0.2) is 0 Å². The lowest BCUT2D eigenvalue weighted by Crippen LogP contribution is -2.31. The summed E-state index contributed by atoms with van der Waals surface area (Å²) in [7, 11) is 0. The van der Waals surface area contributed by atoms with Crippen LogP contribution in [0, 0.1) is 17.0 Å². The predicted molar refractivity (Wildman–Crippen MR) is 105 cm³/mol. The average molecular weight is 391 g/mol. The van der Waals surface area contributed by atoms with Crippen LogP contribution in [0.2, 0.25) is 0 Å². The van der Waals surface area contributed by atoms with Crippen molar-refractivity contribution in [1.29, 1.82) is 0 Å². The number of nitro groups is 1. The van der Waals surface area contributed by atoms with Gasteiger partial charge >= 0.3 is 0 Å². The topological polar surface area (TPSA) is 128 Å². The van der Waals surface area contributed by atoms with Gasteiger partial charge in [0.25, 0.3) is 11.6 Å². The molecular formula is C19H17N7O3. The van der Waals surface area contributed by atoms with Crippen LogP contribution >= 0.6 is 0 Å². The number of tetrazole rings is 1. The Hall–Kier alpha value is -4.08. The zero-order valence-corrected chi connectivity index (χ0v) is 15.7. The number of amides is 1. The number of aromatic nitrogens is 4. The molecule has 2 heterocycles. The molecule has 1 atom stereocenters. The Morgan fingerprint density at radius 3 is 2.76 bits per heavy atom. The first-order valence-corrected chi connectivity index (χ1v) is 8.82. The molecule has 10 heteroatoms. The Morgan fingerprint density at radius 2 is 2.00 bits per heavy atom. The molecule has 0 bridgehead atoms. The summed E-state index contributed by atoms with van der Waals surface area (Å²) < 4.78 is 1.44. The monoisotopic (exact) mass is 391 g/mol. The number of nitro benzene ring substituents is 1. The van der Waals surface area contributed by atoms with E-state index in [1.54, 1.807) is 19.1 Å². The van der Waals surface area contributed by atoms with Gasteiger partial charge in [0, 0.05) is 23.5 Å². The molecule has 2 N–H and O–H groups in total. The van der Waals surface area contributed by atoms with Crippen LogP contribution in [-0.2, 0) is 4.79 Å². The largest absolute Gasteiger partial charge is 0.326 e. The van der Waals surface area contributed by atoms with Gasteiger partial charge in [-0.2, -0.15) is 4.68 Å². The lowest BCUT2D eigenvalue weighted by Gasteiger charge is -2.28. The first-order valence-electron chi connectivity index (χ1n) is 8.82. The number of aryl methyl sites for hydroxylation is 1. The van der Waals surface area contributed by atoms with Crippen molar-refractivity contribution in [2.24, 2.45) is 0 Å². The quantitative estimate of drug-likeness (QED) is 0.517. The summed E-state index contributed by atoms with van der Waals surface area (Å²) >= 11 is 0. The minimum Gasteiger partial charge on any atom is -0.326 e. The van der Waals surface area contributed by atoms with E-state index >= 15 is 0 Å². The van der Waals surface area contributed by atoms with Crippen molar-refractivity contribution in [3.63, 3.8) is 0 Å². The van der Waals surface area contributed by atoms with Gasteiger partial charge in [-0.3, -0.25) is 14.9 Å². The molecule has 1 aliphatic rings. The highest BCUT2D eigenvalue weighted by atomic mass is 16.6. The van der Waals surface area contributed by atoms with Gasteiger partial charge in [-0.05, 0) is 41.5 Å². The molecule has 1 aromatic heterocycles. The Kier molecular flexibility index (Phi) is 4.51. The zero-order chi connectivity index (χ0) is 20.5. The summed E-state index contributed by atoms with van der Waals surface area (Å²) in [6, 6.07) is 12.8. The first kappa shape index (κ1) is 18.3. The van der Waals surface area contributed by atoms with Crippen LogP contribution in [-0.4, -0.2) is 31.0 Å². The van der Waals surface area contributed by atoms with Gasteiger partial charge in [0.15, 0.2) is 0 Å². The lowest BCUT2D eigenvalue weighted by atomic mass is 9.94. The lowest BCUT2D eigenvalue weighted by molar-refractivity contribution is -0.384. The minimum absolute atomic E-state index is 0.0769. The average Bonchev–Trinajstić information content (AvgIpc) is 3.16. The molecule has 0 radical (unpaired) electrons. The van der Waals surface area contributed by atoms with Crippen LogP contribution in [0.4, 0.5) is 17.3 Å². The molecule has 146 valence electrons. The molecule has 0 spiro atoms. The molecule has 1 aliphatic heterocycles. The number of benzene rings is 2. The molecule has 10 nitrogen and oxygen atoms in total. The summed E-state index contributed by atoms with van der Waals surface area (Å²) in [5, 5.41) is 28.8. The Balaban J connectivity index is 1.80. The Morgan fingerprint density at radius 1 is 1.21 bits per heavy atom. The third-order valence-corrected chi connectivity index (χ3v) is 4.75. The molecule has 2 aromatic carbocycles. The Bertz CT molecular complexity index is 1150. The SMILES string of the molecule is CC1=C(C(=O)Nc2ccccc2C)C(c2cccc([N+](=O)[O-])c2)n2nnnc2N1. The van der Waals surface area contributed by atoms with Gasteiger partial charge in [0.1, 0.15) is 6.04 Å². The fourth-order valence-corrected chi connectivity index (χ4v) is 3.33. The van der Waals surface area contributed by atoms with Crippen molar-refractivity contribution >= 4 is 23.2 Å². The van der Waals surface area contributed by atoms with Crippen LogP contribution in [0.1, 0.15) is 24.1 Å². The van der Waals surface area contributed by atoms with Crippen molar-refractivity contribution in [1.82, 2.24) is 20.2 Å².